The van der Waals surface area contributed by atoms with Crippen molar-refractivity contribution in [3.63, 3.8) is 0 Å². The number of nitrogens with one attached hydrogen (secondary N) is 1. The van der Waals surface area contributed by atoms with E-state index >= 15 is 0 Å². The summed E-state index contributed by atoms with van der Waals surface area (Å²) in [5.41, 5.74) is 0.135. The standard InChI is InChI=1S/C12H19NO2/c1-9(12(2,3)14)13-10-7-5-6-8-11(10)15-4/h5-9,13-14H,1-4H3. The maximum absolute atomic E-state index is 9.81. The summed E-state index contributed by atoms with van der Waals surface area (Å²) in [6, 6.07) is 7.62. The zero-order chi connectivity index (χ0) is 11.5. The van der Waals surface area contributed by atoms with Crippen LogP contribution in [0, 0.1) is 0 Å². The van der Waals surface area contributed by atoms with Gasteiger partial charge in [-0.25, -0.2) is 0 Å². The highest BCUT2D eigenvalue weighted by Crippen LogP contribution is 2.25. The van der Waals surface area contributed by atoms with Gasteiger partial charge < -0.3 is 15.2 Å². The minimum Gasteiger partial charge on any atom is -0.495 e. The number of hydrogen-bond acceptors (Lipinski definition) is 3. The van der Waals surface area contributed by atoms with E-state index in [-0.39, 0.29) is 6.04 Å². The van der Waals surface area contributed by atoms with Gasteiger partial charge in [0.25, 0.3) is 0 Å². The van der Waals surface area contributed by atoms with Crippen LogP contribution in [0.4, 0.5) is 5.69 Å². The largest absolute Gasteiger partial charge is 0.495 e. The molecule has 2 N–H and O–H groups in total. The summed E-state index contributed by atoms with van der Waals surface area (Å²) in [5.74, 6) is 0.786. The van der Waals surface area contributed by atoms with Crippen LogP contribution in [0.15, 0.2) is 24.3 Å². The molecule has 0 aromatic heterocycles. The molecule has 0 aliphatic heterocycles. The Bertz CT molecular complexity index is 318. The number of para-hydroxylation sites is 2. The summed E-state index contributed by atoms with van der Waals surface area (Å²) < 4.78 is 5.21. The average Bonchev–Trinajstić information content (AvgIpc) is 2.17. The lowest BCUT2D eigenvalue weighted by molar-refractivity contribution is 0.0648. The number of rotatable bonds is 4. The molecule has 0 radical (unpaired) electrons. The number of anilines is 1. The molecule has 0 heterocycles. The fraction of sp³-hybridized carbons (Fsp3) is 0.500. The van der Waals surface area contributed by atoms with E-state index in [1.165, 1.54) is 0 Å². The van der Waals surface area contributed by atoms with Gasteiger partial charge in [-0.3, -0.25) is 0 Å². The van der Waals surface area contributed by atoms with Crippen LogP contribution in [0.3, 0.4) is 0 Å². The van der Waals surface area contributed by atoms with Crippen LogP contribution in [-0.4, -0.2) is 23.9 Å². The molecule has 1 aromatic rings. The van der Waals surface area contributed by atoms with Gasteiger partial charge in [-0.05, 0) is 32.9 Å². The summed E-state index contributed by atoms with van der Waals surface area (Å²) in [7, 11) is 1.63. The summed E-state index contributed by atoms with van der Waals surface area (Å²) >= 11 is 0. The normalized spacial score (nSPS) is 13.4. The van der Waals surface area contributed by atoms with Crippen molar-refractivity contribution in [2.45, 2.75) is 32.4 Å². The molecule has 3 nitrogen and oxygen atoms in total. The second-order valence-corrected chi connectivity index (χ2v) is 4.22. The van der Waals surface area contributed by atoms with Gasteiger partial charge >= 0.3 is 0 Å². The van der Waals surface area contributed by atoms with Crippen molar-refractivity contribution in [3.05, 3.63) is 24.3 Å². The average molecular weight is 209 g/mol. The fourth-order valence-electron chi connectivity index (χ4n) is 1.17. The molecule has 0 saturated carbocycles. The number of ether oxygens (including phenoxy) is 1. The Kier molecular flexibility index (Phi) is 3.58. The molecule has 1 atom stereocenters. The monoisotopic (exact) mass is 209 g/mol. The predicted molar refractivity (Wildman–Crippen MR) is 62.4 cm³/mol. The smallest absolute Gasteiger partial charge is 0.141 e. The van der Waals surface area contributed by atoms with E-state index in [1.54, 1.807) is 21.0 Å². The zero-order valence-electron chi connectivity index (χ0n) is 9.74. The van der Waals surface area contributed by atoms with Crippen molar-refractivity contribution in [2.75, 3.05) is 12.4 Å². The van der Waals surface area contributed by atoms with Crippen LogP contribution >= 0.6 is 0 Å². The Labute approximate surface area is 91.1 Å². The minimum atomic E-state index is -0.763. The molecular weight excluding hydrogens is 190 g/mol. The van der Waals surface area contributed by atoms with Crippen LogP contribution in [0.1, 0.15) is 20.8 Å². The number of benzene rings is 1. The van der Waals surface area contributed by atoms with Crippen molar-refractivity contribution in [1.82, 2.24) is 0 Å². The van der Waals surface area contributed by atoms with E-state index in [1.807, 2.05) is 31.2 Å². The maximum Gasteiger partial charge on any atom is 0.141 e. The third-order valence-corrected chi connectivity index (χ3v) is 2.54. The molecule has 3 heteroatoms. The Balaban J connectivity index is 2.80. The van der Waals surface area contributed by atoms with Gasteiger partial charge in [0.15, 0.2) is 0 Å². The fourth-order valence-corrected chi connectivity index (χ4v) is 1.17. The maximum atomic E-state index is 9.81. The quantitative estimate of drug-likeness (QED) is 0.799. The SMILES string of the molecule is COc1ccccc1NC(C)C(C)(C)O. The first-order chi connectivity index (χ1) is 6.95. The molecule has 0 amide bonds. The first-order valence-electron chi connectivity index (χ1n) is 5.07. The molecule has 0 aliphatic rings. The molecule has 1 unspecified atom stereocenters. The van der Waals surface area contributed by atoms with Crippen molar-refractivity contribution in [1.29, 1.82) is 0 Å². The van der Waals surface area contributed by atoms with Gasteiger partial charge in [-0.15, -0.1) is 0 Å². The molecule has 84 valence electrons. The van der Waals surface area contributed by atoms with E-state index in [4.69, 9.17) is 4.74 Å². The summed E-state index contributed by atoms with van der Waals surface area (Å²) in [4.78, 5) is 0. The Morgan fingerprint density at radius 3 is 2.47 bits per heavy atom. The topological polar surface area (TPSA) is 41.5 Å². The first-order valence-corrected chi connectivity index (χ1v) is 5.07. The number of aliphatic hydroxyl groups is 1. The summed E-state index contributed by atoms with van der Waals surface area (Å²) in [5, 5.41) is 13.0. The van der Waals surface area contributed by atoms with E-state index in [9.17, 15) is 5.11 Å². The molecule has 0 aliphatic carbocycles. The molecule has 1 rings (SSSR count). The third kappa shape index (κ3) is 3.13. The van der Waals surface area contributed by atoms with Gasteiger partial charge in [0.2, 0.25) is 0 Å². The van der Waals surface area contributed by atoms with Gasteiger partial charge in [0.1, 0.15) is 5.75 Å². The van der Waals surface area contributed by atoms with Crippen molar-refractivity contribution in [2.24, 2.45) is 0 Å². The van der Waals surface area contributed by atoms with E-state index in [0.717, 1.165) is 11.4 Å². The van der Waals surface area contributed by atoms with E-state index in [0.29, 0.717) is 0 Å². The summed E-state index contributed by atoms with van der Waals surface area (Å²) in [6.45, 7) is 5.49. The first kappa shape index (κ1) is 11.9. The lowest BCUT2D eigenvalue weighted by Crippen LogP contribution is -2.39. The molecule has 0 fully saturated rings. The van der Waals surface area contributed by atoms with Gasteiger partial charge in [-0.1, -0.05) is 12.1 Å². The number of methoxy groups -OCH3 is 1. The van der Waals surface area contributed by atoms with Crippen LogP contribution in [0.25, 0.3) is 0 Å². The predicted octanol–water partition coefficient (Wildman–Crippen LogP) is 2.27. The van der Waals surface area contributed by atoms with E-state index < -0.39 is 5.60 Å². The zero-order valence-corrected chi connectivity index (χ0v) is 9.74. The highest BCUT2D eigenvalue weighted by molar-refractivity contribution is 5.56. The Morgan fingerprint density at radius 2 is 1.93 bits per heavy atom. The minimum absolute atomic E-state index is 0.0474. The molecule has 15 heavy (non-hydrogen) atoms. The third-order valence-electron chi connectivity index (χ3n) is 2.54. The van der Waals surface area contributed by atoms with Crippen LogP contribution < -0.4 is 10.1 Å². The van der Waals surface area contributed by atoms with Gasteiger partial charge in [0.05, 0.1) is 24.4 Å². The molecule has 0 saturated heterocycles. The Hall–Kier alpha value is -1.22. The van der Waals surface area contributed by atoms with Crippen molar-refractivity contribution in [3.8, 4) is 5.75 Å². The highest BCUT2D eigenvalue weighted by atomic mass is 16.5. The molecule has 0 spiro atoms. The second-order valence-electron chi connectivity index (χ2n) is 4.22. The van der Waals surface area contributed by atoms with Crippen LogP contribution in [0.5, 0.6) is 5.75 Å². The second kappa shape index (κ2) is 4.53. The van der Waals surface area contributed by atoms with Gasteiger partial charge in [-0.2, -0.15) is 0 Å². The van der Waals surface area contributed by atoms with Crippen LogP contribution in [0.2, 0.25) is 0 Å². The van der Waals surface area contributed by atoms with Crippen molar-refractivity contribution < 1.29 is 9.84 Å². The van der Waals surface area contributed by atoms with Gasteiger partial charge in [0, 0.05) is 0 Å². The lowest BCUT2D eigenvalue weighted by atomic mass is 10.0. The van der Waals surface area contributed by atoms with Crippen molar-refractivity contribution >= 4 is 5.69 Å². The van der Waals surface area contributed by atoms with E-state index in [2.05, 4.69) is 5.32 Å². The lowest BCUT2D eigenvalue weighted by Gasteiger charge is -2.28. The Morgan fingerprint density at radius 1 is 1.33 bits per heavy atom. The number of hydrogen-bond donors (Lipinski definition) is 2. The highest BCUT2D eigenvalue weighted by Gasteiger charge is 2.22. The molecule has 1 aromatic carbocycles. The van der Waals surface area contributed by atoms with Crippen LogP contribution in [-0.2, 0) is 0 Å². The molecular formula is C12H19NO2. The molecule has 0 bridgehead atoms. The summed E-state index contributed by atoms with van der Waals surface area (Å²) in [6.07, 6.45) is 0.